The summed E-state index contributed by atoms with van der Waals surface area (Å²) in [5.74, 6) is 5.50. The van der Waals surface area contributed by atoms with Crippen molar-refractivity contribution in [3.05, 3.63) is 39.8 Å². The SMILES string of the molecule is NNc1cc([N+](=O)[O-])cc(Sc2cccs2)n1. The summed E-state index contributed by atoms with van der Waals surface area (Å²) in [4.78, 5) is 14.4. The van der Waals surface area contributed by atoms with Gasteiger partial charge in [0, 0.05) is 6.07 Å². The normalized spacial score (nSPS) is 10.2. The molecule has 0 saturated carbocycles. The van der Waals surface area contributed by atoms with E-state index in [0.717, 1.165) is 4.21 Å². The van der Waals surface area contributed by atoms with Crippen LogP contribution in [0, 0.1) is 10.1 Å². The van der Waals surface area contributed by atoms with Gasteiger partial charge in [-0.3, -0.25) is 10.1 Å². The summed E-state index contributed by atoms with van der Waals surface area (Å²) in [5, 5.41) is 13.2. The van der Waals surface area contributed by atoms with E-state index in [1.165, 1.54) is 23.9 Å². The number of thiophene rings is 1. The fraction of sp³-hybridized carbons (Fsp3) is 0. The lowest BCUT2D eigenvalue weighted by atomic mass is 10.4. The quantitative estimate of drug-likeness (QED) is 0.502. The van der Waals surface area contributed by atoms with E-state index >= 15 is 0 Å². The maximum atomic E-state index is 10.7. The van der Waals surface area contributed by atoms with Crippen LogP contribution < -0.4 is 11.3 Å². The van der Waals surface area contributed by atoms with Crippen LogP contribution in [0.3, 0.4) is 0 Å². The number of pyridine rings is 1. The van der Waals surface area contributed by atoms with Gasteiger partial charge in [-0.05, 0) is 11.4 Å². The maximum Gasteiger partial charge on any atom is 0.275 e. The van der Waals surface area contributed by atoms with E-state index < -0.39 is 4.92 Å². The molecule has 0 fully saturated rings. The van der Waals surface area contributed by atoms with Crippen molar-refractivity contribution in [3.63, 3.8) is 0 Å². The fourth-order valence-electron chi connectivity index (χ4n) is 1.15. The van der Waals surface area contributed by atoms with E-state index in [4.69, 9.17) is 5.84 Å². The summed E-state index contributed by atoms with van der Waals surface area (Å²) in [6, 6.07) is 6.54. The van der Waals surface area contributed by atoms with Crippen LogP contribution in [-0.4, -0.2) is 9.91 Å². The number of nitrogens with zero attached hydrogens (tertiary/aromatic N) is 2. The van der Waals surface area contributed by atoms with Gasteiger partial charge in [-0.15, -0.1) is 11.3 Å². The van der Waals surface area contributed by atoms with Crippen molar-refractivity contribution in [3.8, 4) is 0 Å². The Labute approximate surface area is 105 Å². The molecule has 0 atom stereocenters. The van der Waals surface area contributed by atoms with Crippen LogP contribution >= 0.6 is 23.1 Å². The van der Waals surface area contributed by atoms with E-state index in [1.54, 1.807) is 11.3 Å². The second-order valence-corrected chi connectivity index (χ2v) is 5.25. The molecule has 2 rings (SSSR count). The second kappa shape index (κ2) is 5.13. The number of nitrogens with two attached hydrogens (primary N) is 1. The van der Waals surface area contributed by atoms with Crippen molar-refractivity contribution in [1.29, 1.82) is 0 Å². The molecule has 6 nitrogen and oxygen atoms in total. The minimum Gasteiger partial charge on any atom is -0.308 e. The summed E-state index contributed by atoms with van der Waals surface area (Å²) in [6.07, 6.45) is 0. The van der Waals surface area contributed by atoms with Gasteiger partial charge >= 0.3 is 0 Å². The molecule has 2 heterocycles. The number of anilines is 1. The highest BCUT2D eigenvalue weighted by atomic mass is 32.2. The van der Waals surface area contributed by atoms with Crippen LogP contribution in [-0.2, 0) is 0 Å². The van der Waals surface area contributed by atoms with Gasteiger partial charge in [0.1, 0.15) is 10.8 Å². The summed E-state index contributed by atoms with van der Waals surface area (Å²) in [6.45, 7) is 0. The summed E-state index contributed by atoms with van der Waals surface area (Å²) in [5.41, 5.74) is 2.28. The smallest absolute Gasteiger partial charge is 0.275 e. The van der Waals surface area contributed by atoms with Gasteiger partial charge in [0.15, 0.2) is 0 Å². The number of hydrogen-bond donors (Lipinski definition) is 2. The molecular weight excluding hydrogens is 260 g/mol. The molecule has 0 spiro atoms. The van der Waals surface area contributed by atoms with Crippen LogP contribution in [0.2, 0.25) is 0 Å². The highest BCUT2D eigenvalue weighted by molar-refractivity contribution is 8.01. The molecule has 2 aromatic heterocycles. The third-order valence-electron chi connectivity index (χ3n) is 1.85. The Bertz CT molecular complexity index is 530. The zero-order valence-electron chi connectivity index (χ0n) is 8.49. The standard InChI is InChI=1S/C9H8N4O2S2/c10-12-7-4-6(13(14)15)5-8(11-7)17-9-2-1-3-16-9/h1-5H,10H2,(H,11,12). The van der Waals surface area contributed by atoms with Crippen molar-refractivity contribution in [2.75, 3.05) is 5.43 Å². The molecule has 0 unspecified atom stereocenters. The molecule has 2 aromatic rings. The molecular formula is C9H8N4O2S2. The molecule has 0 aromatic carbocycles. The van der Waals surface area contributed by atoms with Gasteiger partial charge in [0.25, 0.3) is 5.69 Å². The average Bonchev–Trinajstić information content (AvgIpc) is 2.81. The van der Waals surface area contributed by atoms with E-state index in [0.29, 0.717) is 5.03 Å². The Kier molecular flexibility index (Phi) is 3.57. The molecule has 8 heteroatoms. The zero-order chi connectivity index (χ0) is 12.3. The Morgan fingerprint density at radius 3 is 2.94 bits per heavy atom. The van der Waals surface area contributed by atoms with Gasteiger partial charge in [-0.2, -0.15) is 0 Å². The first-order chi connectivity index (χ1) is 8.19. The zero-order valence-corrected chi connectivity index (χ0v) is 10.1. The van der Waals surface area contributed by atoms with Crippen LogP contribution in [0.25, 0.3) is 0 Å². The van der Waals surface area contributed by atoms with E-state index in [1.807, 2.05) is 17.5 Å². The predicted molar refractivity (Wildman–Crippen MR) is 67.1 cm³/mol. The van der Waals surface area contributed by atoms with Crippen LogP contribution in [0.4, 0.5) is 11.5 Å². The number of hydrazine groups is 1. The van der Waals surface area contributed by atoms with E-state index in [9.17, 15) is 10.1 Å². The first-order valence-electron chi connectivity index (χ1n) is 4.53. The summed E-state index contributed by atoms with van der Waals surface area (Å²) in [7, 11) is 0. The lowest BCUT2D eigenvalue weighted by Crippen LogP contribution is -2.09. The predicted octanol–water partition coefficient (Wildman–Crippen LogP) is 2.49. The molecule has 0 aliphatic rings. The topological polar surface area (TPSA) is 94.1 Å². The van der Waals surface area contributed by atoms with Gasteiger partial charge in [-0.25, -0.2) is 10.8 Å². The lowest BCUT2D eigenvalue weighted by Gasteiger charge is -2.02. The second-order valence-electron chi connectivity index (χ2n) is 2.98. The van der Waals surface area contributed by atoms with Crippen molar-refractivity contribution in [2.24, 2.45) is 5.84 Å². The molecule has 0 aliphatic carbocycles. The van der Waals surface area contributed by atoms with E-state index in [2.05, 4.69) is 10.4 Å². The average molecular weight is 268 g/mol. The Morgan fingerprint density at radius 2 is 2.35 bits per heavy atom. The van der Waals surface area contributed by atoms with Crippen LogP contribution in [0.5, 0.6) is 0 Å². The molecule has 0 radical (unpaired) electrons. The van der Waals surface area contributed by atoms with Crippen LogP contribution in [0.1, 0.15) is 0 Å². The number of aromatic nitrogens is 1. The molecule has 0 saturated heterocycles. The Hall–Kier alpha value is -1.64. The molecule has 88 valence electrons. The summed E-state index contributed by atoms with van der Waals surface area (Å²) >= 11 is 2.91. The largest absolute Gasteiger partial charge is 0.308 e. The minimum atomic E-state index is -0.471. The highest BCUT2D eigenvalue weighted by Crippen LogP contribution is 2.32. The minimum absolute atomic E-state index is 0.0352. The highest BCUT2D eigenvalue weighted by Gasteiger charge is 2.11. The third kappa shape index (κ3) is 2.93. The first-order valence-corrected chi connectivity index (χ1v) is 6.23. The number of nitro groups is 1. The van der Waals surface area contributed by atoms with Gasteiger partial charge in [0.05, 0.1) is 15.2 Å². The number of nitrogens with one attached hydrogen (secondary N) is 1. The molecule has 17 heavy (non-hydrogen) atoms. The van der Waals surface area contributed by atoms with Crippen LogP contribution in [0.15, 0.2) is 38.9 Å². The number of nitrogen functional groups attached to an aromatic ring is 1. The number of hydrogen-bond acceptors (Lipinski definition) is 7. The Morgan fingerprint density at radius 1 is 1.53 bits per heavy atom. The van der Waals surface area contributed by atoms with Crippen molar-refractivity contribution >= 4 is 34.6 Å². The lowest BCUT2D eigenvalue weighted by molar-refractivity contribution is -0.385. The first kappa shape index (κ1) is 11.8. The molecule has 3 N–H and O–H groups in total. The number of rotatable bonds is 4. The monoisotopic (exact) mass is 268 g/mol. The van der Waals surface area contributed by atoms with Crippen molar-refractivity contribution in [2.45, 2.75) is 9.24 Å². The van der Waals surface area contributed by atoms with Crippen molar-refractivity contribution in [1.82, 2.24) is 4.98 Å². The third-order valence-corrected chi connectivity index (χ3v) is 3.80. The van der Waals surface area contributed by atoms with Gasteiger partial charge in [-0.1, -0.05) is 17.8 Å². The molecule has 0 bridgehead atoms. The molecule has 0 aliphatic heterocycles. The van der Waals surface area contributed by atoms with Gasteiger partial charge in [0.2, 0.25) is 0 Å². The van der Waals surface area contributed by atoms with Crippen molar-refractivity contribution < 1.29 is 4.92 Å². The maximum absolute atomic E-state index is 10.7. The Balaban J connectivity index is 2.33. The fourth-order valence-corrected chi connectivity index (χ4v) is 2.89. The van der Waals surface area contributed by atoms with E-state index in [-0.39, 0.29) is 11.5 Å². The summed E-state index contributed by atoms with van der Waals surface area (Å²) < 4.78 is 1.01. The van der Waals surface area contributed by atoms with Gasteiger partial charge < -0.3 is 5.43 Å². The molecule has 0 amide bonds.